The number of hydrogen-bond donors (Lipinski definition) is 0. The zero-order chi connectivity index (χ0) is 19.6. The predicted octanol–water partition coefficient (Wildman–Crippen LogP) is 2.60. The molecule has 2 aromatic rings. The Morgan fingerprint density at radius 2 is 1.67 bits per heavy atom. The average Bonchev–Trinajstić information content (AvgIpc) is 2.68. The van der Waals surface area contributed by atoms with Gasteiger partial charge in [0.1, 0.15) is 0 Å². The second kappa shape index (κ2) is 7.70. The van der Waals surface area contributed by atoms with Crippen molar-refractivity contribution in [2.75, 3.05) is 37.7 Å². The van der Waals surface area contributed by atoms with Crippen molar-refractivity contribution in [1.82, 2.24) is 4.90 Å². The van der Waals surface area contributed by atoms with Crippen LogP contribution in [0.2, 0.25) is 0 Å². The van der Waals surface area contributed by atoms with Crippen LogP contribution in [-0.4, -0.2) is 52.6 Å². The van der Waals surface area contributed by atoms with Crippen LogP contribution in [0.5, 0.6) is 0 Å². The number of carbonyl (C=O) groups excluding carboxylic acids is 1. The first-order valence-corrected chi connectivity index (χ1v) is 10.3. The molecule has 0 N–H and O–H groups in total. The highest BCUT2D eigenvalue weighted by Gasteiger charge is 2.25. The van der Waals surface area contributed by atoms with Crippen LogP contribution < -0.4 is 4.31 Å². The van der Waals surface area contributed by atoms with Crippen molar-refractivity contribution >= 4 is 21.6 Å². The van der Waals surface area contributed by atoms with Gasteiger partial charge in [0.05, 0.1) is 23.8 Å². The summed E-state index contributed by atoms with van der Waals surface area (Å²) in [6, 6.07) is 11.9. The maximum Gasteiger partial charge on any atom is 0.264 e. The van der Waals surface area contributed by atoms with E-state index in [4.69, 9.17) is 4.74 Å². The summed E-state index contributed by atoms with van der Waals surface area (Å²) in [5.41, 5.74) is 2.75. The van der Waals surface area contributed by atoms with Gasteiger partial charge in [0, 0.05) is 25.7 Å². The highest BCUT2D eigenvalue weighted by Crippen LogP contribution is 2.27. The van der Waals surface area contributed by atoms with Gasteiger partial charge >= 0.3 is 0 Å². The lowest BCUT2D eigenvalue weighted by Crippen LogP contribution is -2.40. The molecular formula is C20H24N2O4S. The third kappa shape index (κ3) is 3.99. The van der Waals surface area contributed by atoms with Crippen molar-refractivity contribution in [2.24, 2.45) is 0 Å². The van der Waals surface area contributed by atoms with Crippen molar-refractivity contribution in [2.45, 2.75) is 18.7 Å². The van der Waals surface area contributed by atoms with Crippen LogP contribution in [0.4, 0.5) is 5.69 Å². The van der Waals surface area contributed by atoms with Crippen LogP contribution in [0.1, 0.15) is 21.5 Å². The lowest BCUT2D eigenvalue weighted by molar-refractivity contribution is 0.0303. The van der Waals surface area contributed by atoms with Crippen molar-refractivity contribution in [3.63, 3.8) is 0 Å². The number of amides is 1. The smallest absolute Gasteiger partial charge is 0.264 e. The lowest BCUT2D eigenvalue weighted by atomic mass is 10.1. The van der Waals surface area contributed by atoms with E-state index in [1.54, 1.807) is 47.4 Å². The number of ether oxygens (including phenoxy) is 1. The molecule has 0 radical (unpaired) electrons. The van der Waals surface area contributed by atoms with Crippen molar-refractivity contribution in [3.05, 3.63) is 59.2 Å². The zero-order valence-electron chi connectivity index (χ0n) is 15.8. The molecule has 144 valence electrons. The van der Waals surface area contributed by atoms with Crippen LogP contribution in [-0.2, 0) is 14.8 Å². The number of sulfonamides is 1. The Morgan fingerprint density at radius 1 is 1.04 bits per heavy atom. The van der Waals surface area contributed by atoms with Crippen LogP contribution in [0.25, 0.3) is 0 Å². The van der Waals surface area contributed by atoms with E-state index >= 15 is 0 Å². The Labute approximate surface area is 160 Å². The van der Waals surface area contributed by atoms with Crippen molar-refractivity contribution in [1.29, 1.82) is 0 Å². The fourth-order valence-electron chi connectivity index (χ4n) is 3.03. The van der Waals surface area contributed by atoms with E-state index in [0.717, 1.165) is 11.1 Å². The Morgan fingerprint density at radius 3 is 2.30 bits per heavy atom. The fraction of sp³-hybridized carbons (Fsp3) is 0.350. The Hall–Kier alpha value is -2.38. The summed E-state index contributed by atoms with van der Waals surface area (Å²) in [6.07, 6.45) is 0. The first-order valence-electron chi connectivity index (χ1n) is 8.84. The summed E-state index contributed by atoms with van der Waals surface area (Å²) in [5.74, 6) is -0.110. The molecule has 7 heteroatoms. The molecule has 27 heavy (non-hydrogen) atoms. The van der Waals surface area contributed by atoms with Gasteiger partial charge in [0.15, 0.2) is 0 Å². The van der Waals surface area contributed by atoms with Gasteiger partial charge in [-0.3, -0.25) is 9.10 Å². The van der Waals surface area contributed by atoms with Crippen LogP contribution in [0.15, 0.2) is 47.4 Å². The molecule has 0 bridgehead atoms. The van der Waals surface area contributed by atoms with E-state index in [2.05, 4.69) is 0 Å². The van der Waals surface area contributed by atoms with Crippen molar-refractivity contribution < 1.29 is 17.9 Å². The summed E-state index contributed by atoms with van der Waals surface area (Å²) < 4.78 is 32.5. The lowest BCUT2D eigenvalue weighted by Gasteiger charge is -2.28. The molecule has 1 amide bonds. The molecule has 0 aliphatic carbocycles. The largest absolute Gasteiger partial charge is 0.378 e. The predicted molar refractivity (Wildman–Crippen MR) is 105 cm³/mol. The maximum absolute atomic E-state index is 13.0. The van der Waals surface area contributed by atoms with Crippen LogP contribution in [0.3, 0.4) is 0 Å². The molecule has 0 spiro atoms. The third-order valence-corrected chi connectivity index (χ3v) is 6.56. The van der Waals surface area contributed by atoms with Crippen LogP contribution >= 0.6 is 0 Å². The summed E-state index contributed by atoms with van der Waals surface area (Å²) in [6.45, 7) is 5.86. The molecule has 6 nitrogen and oxygen atoms in total. The Kier molecular flexibility index (Phi) is 5.53. The number of rotatable bonds is 4. The zero-order valence-corrected chi connectivity index (χ0v) is 16.6. The second-order valence-corrected chi connectivity index (χ2v) is 8.66. The first kappa shape index (κ1) is 19.4. The molecule has 1 aliphatic rings. The molecule has 0 saturated carbocycles. The van der Waals surface area contributed by atoms with Gasteiger partial charge in [-0.25, -0.2) is 8.42 Å². The van der Waals surface area contributed by atoms with E-state index < -0.39 is 10.0 Å². The number of carbonyl (C=O) groups is 1. The second-order valence-electron chi connectivity index (χ2n) is 6.69. The normalized spacial score (nSPS) is 14.9. The SMILES string of the molecule is Cc1ccc(S(=O)(=O)N(C)c2cc(C(=O)N3CCOCC3)ccc2C)cc1. The minimum atomic E-state index is -3.71. The summed E-state index contributed by atoms with van der Waals surface area (Å²) in [7, 11) is -2.20. The standard InChI is InChI=1S/C20H24N2O4S/c1-15-4-8-18(9-5-15)27(24,25)21(3)19-14-17(7-6-16(19)2)20(23)22-10-12-26-13-11-22/h4-9,14H,10-13H2,1-3H3. The molecule has 1 fully saturated rings. The third-order valence-electron chi connectivity index (χ3n) is 4.77. The molecule has 0 aromatic heterocycles. The number of benzene rings is 2. The Balaban J connectivity index is 1.93. The van der Waals surface area contributed by atoms with Gasteiger partial charge in [0.25, 0.3) is 15.9 Å². The first-order chi connectivity index (χ1) is 12.8. The number of hydrogen-bond acceptors (Lipinski definition) is 4. The van der Waals surface area contributed by atoms with Crippen LogP contribution in [0, 0.1) is 13.8 Å². The van der Waals surface area contributed by atoms with E-state index in [-0.39, 0.29) is 10.8 Å². The summed E-state index contributed by atoms with van der Waals surface area (Å²) in [5, 5.41) is 0. The molecule has 0 unspecified atom stereocenters. The molecule has 0 atom stereocenters. The van der Waals surface area contributed by atoms with E-state index in [0.29, 0.717) is 37.6 Å². The fourth-order valence-corrected chi connectivity index (χ4v) is 4.28. The molecule has 1 saturated heterocycles. The van der Waals surface area contributed by atoms with Gasteiger partial charge in [-0.2, -0.15) is 0 Å². The van der Waals surface area contributed by atoms with E-state index in [9.17, 15) is 13.2 Å². The highest BCUT2D eigenvalue weighted by molar-refractivity contribution is 7.92. The molecular weight excluding hydrogens is 364 g/mol. The Bertz CT molecular complexity index is 933. The molecule has 3 rings (SSSR count). The van der Waals surface area contributed by atoms with Gasteiger partial charge in [-0.05, 0) is 43.7 Å². The summed E-state index contributed by atoms with van der Waals surface area (Å²) >= 11 is 0. The number of nitrogens with zero attached hydrogens (tertiary/aromatic N) is 2. The molecule has 1 aliphatic heterocycles. The van der Waals surface area contributed by atoms with Gasteiger partial charge in [-0.1, -0.05) is 23.8 Å². The van der Waals surface area contributed by atoms with E-state index in [1.165, 1.54) is 11.4 Å². The quantitative estimate of drug-likeness (QED) is 0.808. The maximum atomic E-state index is 13.0. The number of anilines is 1. The van der Waals surface area contributed by atoms with Gasteiger partial charge < -0.3 is 9.64 Å². The monoisotopic (exact) mass is 388 g/mol. The number of morpholine rings is 1. The van der Waals surface area contributed by atoms with E-state index in [1.807, 2.05) is 13.8 Å². The number of aryl methyl sites for hydroxylation is 2. The topological polar surface area (TPSA) is 66.9 Å². The minimum absolute atomic E-state index is 0.110. The summed E-state index contributed by atoms with van der Waals surface area (Å²) in [4.78, 5) is 14.7. The molecule has 2 aromatic carbocycles. The average molecular weight is 388 g/mol. The van der Waals surface area contributed by atoms with Gasteiger partial charge in [0.2, 0.25) is 0 Å². The minimum Gasteiger partial charge on any atom is -0.378 e. The van der Waals surface area contributed by atoms with Crippen molar-refractivity contribution in [3.8, 4) is 0 Å². The highest BCUT2D eigenvalue weighted by atomic mass is 32.2. The van der Waals surface area contributed by atoms with Gasteiger partial charge in [-0.15, -0.1) is 0 Å². The molecule has 1 heterocycles.